The van der Waals surface area contributed by atoms with Gasteiger partial charge in [0.25, 0.3) is 11.8 Å². The number of alkyl halides is 2. The Morgan fingerprint density at radius 1 is 1.34 bits per heavy atom. The van der Waals surface area contributed by atoms with Gasteiger partial charge in [0.15, 0.2) is 22.8 Å². The largest absolute Gasteiger partial charge is 0.462 e. The number of aromatic nitrogens is 4. The topological polar surface area (TPSA) is 173 Å². The number of esters is 1. The van der Waals surface area contributed by atoms with E-state index in [4.69, 9.17) is 47.7 Å². The van der Waals surface area contributed by atoms with Crippen molar-refractivity contribution >= 4 is 69.9 Å². The van der Waals surface area contributed by atoms with E-state index in [1.54, 1.807) is 34.6 Å². The first kappa shape index (κ1) is 34.0. The van der Waals surface area contributed by atoms with Gasteiger partial charge in [0.05, 0.1) is 25.6 Å². The maximum Gasteiger partial charge on any atom is 0.323 e. The lowest BCUT2D eigenvalue weighted by atomic mass is 10.00. The lowest BCUT2D eigenvalue weighted by Crippen LogP contribution is -2.39. The van der Waals surface area contributed by atoms with Gasteiger partial charge in [-0.1, -0.05) is 44.1 Å². The van der Waals surface area contributed by atoms with Gasteiger partial charge in [-0.2, -0.15) is 0 Å². The lowest BCUT2D eigenvalue weighted by Gasteiger charge is -2.28. The Morgan fingerprint density at radius 2 is 2.02 bits per heavy atom. The van der Waals surface area contributed by atoms with E-state index in [1.807, 2.05) is 0 Å². The molecular weight excluding hydrogens is 622 g/mol. The SMILES string of the molecule is CC(C)OC(=O)[C@@H](C)NP(=S)(OCCSC(=O)C(C)(C)C)OC[C@H]1O[C@@H](n2cnc3c(N)ncnc32)[C@@](F)(Cl)[C@@H]1O. The van der Waals surface area contributed by atoms with E-state index >= 15 is 4.39 Å². The van der Waals surface area contributed by atoms with E-state index in [9.17, 15) is 14.7 Å². The van der Waals surface area contributed by atoms with Gasteiger partial charge in [-0.15, -0.1) is 0 Å². The molecule has 1 aliphatic rings. The zero-order valence-electron chi connectivity index (χ0n) is 23.4. The van der Waals surface area contributed by atoms with E-state index in [-0.39, 0.29) is 40.6 Å². The number of hydrogen-bond donors (Lipinski definition) is 3. The molecule has 1 aliphatic heterocycles. The summed E-state index contributed by atoms with van der Waals surface area (Å²) in [6, 6.07) is -0.926. The number of carbonyl (C=O) groups is 2. The quantitative estimate of drug-likeness (QED) is 0.132. The molecule has 0 radical (unpaired) electrons. The summed E-state index contributed by atoms with van der Waals surface area (Å²) in [5.74, 6) is -0.251. The van der Waals surface area contributed by atoms with Gasteiger partial charge in [0.2, 0.25) is 0 Å². The molecule has 3 rings (SSSR count). The number of rotatable bonds is 12. The molecule has 0 aromatic carbocycles. The number of nitrogen functional groups attached to an aromatic ring is 1. The molecular formula is C23H35ClFN6O7PS2. The number of nitrogens with zero attached hydrogens (tertiary/aromatic N) is 4. The number of nitrogens with two attached hydrogens (primary N) is 1. The molecule has 230 valence electrons. The van der Waals surface area contributed by atoms with Gasteiger partial charge >= 0.3 is 5.97 Å². The van der Waals surface area contributed by atoms with Crippen molar-refractivity contribution in [2.75, 3.05) is 24.7 Å². The average molecular weight is 657 g/mol. The van der Waals surface area contributed by atoms with Crippen molar-refractivity contribution in [2.45, 2.75) is 77.3 Å². The number of anilines is 1. The molecule has 1 fully saturated rings. The lowest BCUT2D eigenvalue weighted by molar-refractivity contribution is -0.149. The minimum absolute atomic E-state index is 0.00409. The van der Waals surface area contributed by atoms with Crippen molar-refractivity contribution < 1.29 is 37.6 Å². The summed E-state index contributed by atoms with van der Waals surface area (Å²) in [5, 5.41) is 10.7. The third kappa shape index (κ3) is 8.33. The van der Waals surface area contributed by atoms with Gasteiger partial charge in [0, 0.05) is 11.2 Å². The Balaban J connectivity index is 1.74. The zero-order valence-corrected chi connectivity index (χ0v) is 26.7. The van der Waals surface area contributed by atoms with E-state index < -0.39 is 54.2 Å². The molecule has 2 aromatic heterocycles. The summed E-state index contributed by atoms with van der Waals surface area (Å²) in [6.45, 7) is 6.41. The van der Waals surface area contributed by atoms with Crippen molar-refractivity contribution in [2.24, 2.45) is 5.41 Å². The van der Waals surface area contributed by atoms with Crippen LogP contribution in [-0.4, -0.2) is 84.2 Å². The summed E-state index contributed by atoms with van der Waals surface area (Å²) in [5.41, 5.74) is 5.63. The molecule has 4 N–H and O–H groups in total. The van der Waals surface area contributed by atoms with Crippen LogP contribution in [0.3, 0.4) is 0 Å². The molecule has 0 aliphatic carbocycles. The first-order valence-electron chi connectivity index (χ1n) is 12.6. The van der Waals surface area contributed by atoms with Gasteiger partial charge in [-0.05, 0) is 32.6 Å². The Morgan fingerprint density at radius 3 is 2.66 bits per heavy atom. The van der Waals surface area contributed by atoms with Crippen molar-refractivity contribution in [1.82, 2.24) is 24.6 Å². The predicted octanol–water partition coefficient (Wildman–Crippen LogP) is 3.06. The second kappa shape index (κ2) is 13.4. The predicted molar refractivity (Wildman–Crippen MR) is 156 cm³/mol. The molecule has 0 saturated carbocycles. The van der Waals surface area contributed by atoms with Crippen LogP contribution in [0.15, 0.2) is 12.7 Å². The number of ether oxygens (including phenoxy) is 2. The van der Waals surface area contributed by atoms with Crippen LogP contribution in [-0.2, 0) is 39.9 Å². The normalized spacial score (nSPS) is 25.4. The fourth-order valence-electron chi connectivity index (χ4n) is 3.56. The summed E-state index contributed by atoms with van der Waals surface area (Å²) in [4.78, 5) is 36.7. The highest BCUT2D eigenvalue weighted by Crippen LogP contribution is 2.49. The van der Waals surface area contributed by atoms with Crippen molar-refractivity contribution in [3.05, 3.63) is 12.7 Å². The minimum atomic E-state index is -3.47. The molecule has 41 heavy (non-hydrogen) atoms. The minimum Gasteiger partial charge on any atom is -0.462 e. The van der Waals surface area contributed by atoms with Crippen LogP contribution >= 0.6 is 30.0 Å². The summed E-state index contributed by atoms with van der Waals surface area (Å²) in [6.07, 6.45) is -2.70. The van der Waals surface area contributed by atoms with Crippen LogP contribution in [0, 0.1) is 5.41 Å². The van der Waals surface area contributed by atoms with Crippen LogP contribution in [0.5, 0.6) is 0 Å². The summed E-state index contributed by atoms with van der Waals surface area (Å²) in [7, 11) is 0. The van der Waals surface area contributed by atoms with E-state index in [0.717, 1.165) is 11.8 Å². The number of fused-ring (bicyclic) bond motifs is 1. The Kier molecular flexibility index (Phi) is 11.1. The smallest absolute Gasteiger partial charge is 0.323 e. The highest BCUT2D eigenvalue weighted by atomic mass is 35.5. The maximum absolute atomic E-state index is 15.6. The van der Waals surface area contributed by atoms with E-state index in [1.165, 1.54) is 24.1 Å². The van der Waals surface area contributed by atoms with E-state index in [0.29, 0.717) is 0 Å². The second-order valence-corrected chi connectivity index (χ2v) is 15.4. The monoisotopic (exact) mass is 656 g/mol. The second-order valence-electron chi connectivity index (χ2n) is 10.6. The number of aliphatic hydroxyl groups excluding tert-OH is 1. The molecule has 2 aromatic rings. The molecule has 0 bridgehead atoms. The zero-order chi connectivity index (χ0) is 30.8. The Labute approximate surface area is 251 Å². The van der Waals surface area contributed by atoms with Gasteiger partial charge in [-0.25, -0.2) is 24.4 Å². The van der Waals surface area contributed by atoms with Crippen LogP contribution in [0.25, 0.3) is 11.2 Å². The van der Waals surface area contributed by atoms with Crippen molar-refractivity contribution in [3.63, 3.8) is 0 Å². The fraction of sp³-hybridized carbons (Fsp3) is 0.696. The van der Waals surface area contributed by atoms with Crippen LogP contribution in [0.4, 0.5) is 10.2 Å². The first-order chi connectivity index (χ1) is 19.0. The van der Waals surface area contributed by atoms with Crippen molar-refractivity contribution in [3.8, 4) is 0 Å². The number of thioether (sulfide) groups is 1. The summed E-state index contributed by atoms with van der Waals surface area (Å²) >= 11 is 12.8. The molecule has 3 heterocycles. The first-order valence-corrected chi connectivity index (χ1v) is 16.7. The van der Waals surface area contributed by atoms with Crippen LogP contribution in [0.2, 0.25) is 0 Å². The maximum atomic E-state index is 15.6. The molecule has 18 heteroatoms. The number of aliphatic hydroxyl groups is 1. The number of carbonyl (C=O) groups excluding carboxylic acids is 2. The van der Waals surface area contributed by atoms with E-state index in [2.05, 4.69) is 20.0 Å². The van der Waals surface area contributed by atoms with Crippen molar-refractivity contribution in [1.29, 1.82) is 0 Å². The highest BCUT2D eigenvalue weighted by molar-refractivity contribution is 8.13. The number of imidazole rings is 1. The Bertz CT molecular complexity index is 1300. The molecule has 0 spiro atoms. The van der Waals surface area contributed by atoms with Gasteiger partial charge in [0.1, 0.15) is 30.1 Å². The highest BCUT2D eigenvalue weighted by Gasteiger charge is 2.58. The number of halogens is 2. The summed E-state index contributed by atoms with van der Waals surface area (Å²) < 4.78 is 39.5. The molecule has 0 amide bonds. The molecule has 6 atom stereocenters. The molecule has 1 unspecified atom stereocenters. The average Bonchev–Trinajstić information content (AvgIpc) is 3.38. The Hall–Kier alpha value is -1.49. The number of hydrogen-bond acceptors (Lipinski definition) is 13. The standard InChI is InChI=1S/C23H35ClFN6O7PS2/c1-12(2)37-19(33)13(3)30-39(40,35-7-8-41-21(34)22(4,5)6)36-9-14-16(32)23(24,25)20(38-14)31-11-29-15-17(26)27-10-28-18(15)31/h10-14,16,20,32H,7-9H2,1-6H3,(H,30,40)(H2,26,27,28)/t13-,14-,16-,20-,23-,39?/m1/s1. The van der Waals surface area contributed by atoms with Crippen LogP contribution < -0.4 is 10.8 Å². The molecule has 1 saturated heterocycles. The third-order valence-electron chi connectivity index (χ3n) is 5.68. The van der Waals surface area contributed by atoms with Crippen LogP contribution in [0.1, 0.15) is 47.8 Å². The number of nitrogens with one attached hydrogen (secondary N) is 1. The van der Waals surface area contributed by atoms with Gasteiger partial charge < -0.3 is 29.4 Å². The van der Waals surface area contributed by atoms with Gasteiger partial charge in [-0.3, -0.25) is 14.2 Å². The third-order valence-corrected chi connectivity index (χ3v) is 9.99. The molecule has 13 nitrogen and oxygen atoms in total. The fourth-order valence-corrected chi connectivity index (χ4v) is 7.13.